The summed E-state index contributed by atoms with van der Waals surface area (Å²) in [5.41, 5.74) is 1.34. The van der Waals surface area contributed by atoms with Gasteiger partial charge in [0.2, 0.25) is 0 Å². The van der Waals surface area contributed by atoms with Crippen LogP contribution in [0, 0.1) is 0 Å². The number of carbonyl (C=O) groups excluding carboxylic acids is 3. The third kappa shape index (κ3) is 4.46. The van der Waals surface area contributed by atoms with Crippen molar-refractivity contribution in [2.24, 2.45) is 0 Å². The van der Waals surface area contributed by atoms with Gasteiger partial charge >= 0.3 is 5.97 Å². The van der Waals surface area contributed by atoms with Crippen LogP contribution in [0.1, 0.15) is 28.8 Å². The van der Waals surface area contributed by atoms with Gasteiger partial charge in [-0.25, -0.2) is 4.79 Å². The van der Waals surface area contributed by atoms with Crippen molar-refractivity contribution in [3.05, 3.63) is 77.5 Å². The second-order valence-corrected chi connectivity index (χ2v) is 6.47. The molecule has 6 nitrogen and oxygen atoms in total. The first-order valence-corrected chi connectivity index (χ1v) is 9.12. The summed E-state index contributed by atoms with van der Waals surface area (Å²) < 4.78 is 4.82. The Morgan fingerprint density at radius 3 is 2.32 bits per heavy atom. The Labute approximate surface area is 163 Å². The molecule has 1 N–H and O–H groups in total. The highest BCUT2D eigenvalue weighted by Gasteiger charge is 2.36. The molecule has 0 aromatic heterocycles. The fourth-order valence-electron chi connectivity index (χ4n) is 3.20. The molecule has 1 atom stereocenters. The third-order valence-corrected chi connectivity index (χ3v) is 4.61. The lowest BCUT2D eigenvalue weighted by atomic mass is 10.1. The Balaban J connectivity index is 1.90. The van der Waals surface area contributed by atoms with Crippen molar-refractivity contribution < 1.29 is 19.1 Å². The number of methoxy groups -OCH3 is 1. The van der Waals surface area contributed by atoms with Gasteiger partial charge in [-0.05, 0) is 36.6 Å². The van der Waals surface area contributed by atoms with E-state index in [0.29, 0.717) is 24.9 Å². The zero-order chi connectivity index (χ0) is 19.9. The van der Waals surface area contributed by atoms with Crippen LogP contribution < -0.4 is 5.32 Å². The van der Waals surface area contributed by atoms with Crippen molar-refractivity contribution in [2.45, 2.75) is 18.9 Å². The minimum atomic E-state index is -0.634. The monoisotopic (exact) mass is 378 g/mol. The van der Waals surface area contributed by atoms with E-state index in [4.69, 9.17) is 4.74 Å². The summed E-state index contributed by atoms with van der Waals surface area (Å²) in [7, 11) is 1.31. The van der Waals surface area contributed by atoms with Gasteiger partial charge in [0, 0.05) is 12.1 Å². The molecule has 1 fully saturated rings. The molecule has 0 radical (unpaired) electrons. The average Bonchev–Trinajstić information content (AvgIpc) is 3.23. The highest BCUT2D eigenvalue weighted by Crippen LogP contribution is 2.21. The van der Waals surface area contributed by atoms with Crippen LogP contribution in [0.5, 0.6) is 0 Å². The molecule has 0 saturated carbocycles. The standard InChI is InChI=1S/C22H22N2O4/c1-28-22(27)19-13-8-14-24(19)21(26)18(15-16-9-4-2-5-10-16)23-20(25)17-11-6-3-7-12-17/h2-7,9-12,15,19H,8,13-14H2,1H3,(H,23,25)/b18-15-. The van der Waals surface area contributed by atoms with Crippen molar-refractivity contribution in [3.8, 4) is 0 Å². The molecule has 6 heteroatoms. The smallest absolute Gasteiger partial charge is 0.328 e. The second-order valence-electron chi connectivity index (χ2n) is 6.47. The number of nitrogens with one attached hydrogen (secondary N) is 1. The molecule has 1 saturated heterocycles. The molecule has 2 amide bonds. The van der Waals surface area contributed by atoms with E-state index < -0.39 is 17.9 Å². The van der Waals surface area contributed by atoms with Crippen LogP contribution in [0.4, 0.5) is 0 Å². The molecule has 1 aliphatic rings. The Morgan fingerprint density at radius 1 is 1.04 bits per heavy atom. The Kier molecular flexibility index (Phi) is 6.22. The predicted molar refractivity (Wildman–Crippen MR) is 105 cm³/mol. The summed E-state index contributed by atoms with van der Waals surface area (Å²) in [4.78, 5) is 39.3. The van der Waals surface area contributed by atoms with E-state index in [2.05, 4.69) is 5.32 Å². The van der Waals surface area contributed by atoms with Gasteiger partial charge in [0.25, 0.3) is 11.8 Å². The van der Waals surface area contributed by atoms with Gasteiger partial charge in [-0.3, -0.25) is 9.59 Å². The molecule has 3 rings (SSSR count). The highest BCUT2D eigenvalue weighted by atomic mass is 16.5. The second kappa shape index (κ2) is 8.99. The van der Waals surface area contributed by atoms with E-state index in [0.717, 1.165) is 5.56 Å². The molecule has 2 aromatic rings. The molecular weight excluding hydrogens is 356 g/mol. The molecular formula is C22H22N2O4. The Hall–Kier alpha value is -3.41. The number of rotatable bonds is 5. The van der Waals surface area contributed by atoms with Crippen molar-refractivity contribution in [2.75, 3.05) is 13.7 Å². The third-order valence-electron chi connectivity index (χ3n) is 4.61. The first kappa shape index (κ1) is 19.4. The van der Waals surface area contributed by atoms with Crippen molar-refractivity contribution >= 4 is 23.9 Å². The normalized spacial score (nSPS) is 16.5. The Morgan fingerprint density at radius 2 is 1.68 bits per heavy atom. The number of hydrogen-bond donors (Lipinski definition) is 1. The fraction of sp³-hybridized carbons (Fsp3) is 0.227. The number of ether oxygens (including phenoxy) is 1. The molecule has 28 heavy (non-hydrogen) atoms. The topological polar surface area (TPSA) is 75.7 Å². The van der Waals surface area contributed by atoms with Crippen LogP contribution in [0.15, 0.2) is 66.4 Å². The summed E-state index contributed by atoms with van der Waals surface area (Å²) in [6.45, 7) is 0.436. The van der Waals surface area contributed by atoms with E-state index in [1.807, 2.05) is 36.4 Å². The average molecular weight is 378 g/mol. The quantitative estimate of drug-likeness (QED) is 0.641. The van der Waals surface area contributed by atoms with Crippen molar-refractivity contribution in [3.63, 3.8) is 0 Å². The molecule has 1 heterocycles. The first-order valence-electron chi connectivity index (χ1n) is 9.12. The molecule has 1 aliphatic heterocycles. The van der Waals surface area contributed by atoms with Gasteiger partial charge in [-0.15, -0.1) is 0 Å². The lowest BCUT2D eigenvalue weighted by Gasteiger charge is -2.24. The maximum Gasteiger partial charge on any atom is 0.328 e. The fourth-order valence-corrected chi connectivity index (χ4v) is 3.20. The minimum Gasteiger partial charge on any atom is -0.467 e. The van der Waals surface area contributed by atoms with E-state index >= 15 is 0 Å². The van der Waals surface area contributed by atoms with Crippen molar-refractivity contribution in [1.82, 2.24) is 10.2 Å². The molecule has 144 valence electrons. The zero-order valence-electron chi connectivity index (χ0n) is 15.6. The van der Waals surface area contributed by atoms with Gasteiger partial charge in [-0.1, -0.05) is 48.5 Å². The summed E-state index contributed by atoms with van der Waals surface area (Å²) in [6.07, 6.45) is 2.87. The maximum atomic E-state index is 13.2. The molecule has 0 spiro atoms. The molecule has 0 aliphatic carbocycles. The van der Waals surface area contributed by atoms with Gasteiger partial charge in [0.05, 0.1) is 7.11 Å². The number of benzene rings is 2. The highest BCUT2D eigenvalue weighted by molar-refractivity contribution is 6.06. The van der Waals surface area contributed by atoms with E-state index in [1.54, 1.807) is 30.3 Å². The van der Waals surface area contributed by atoms with Gasteiger partial charge in [-0.2, -0.15) is 0 Å². The van der Waals surface area contributed by atoms with Crippen LogP contribution in [-0.4, -0.2) is 42.4 Å². The lowest BCUT2D eigenvalue weighted by molar-refractivity contribution is -0.149. The van der Waals surface area contributed by atoms with Crippen LogP contribution in [0.3, 0.4) is 0 Å². The van der Waals surface area contributed by atoms with Crippen molar-refractivity contribution in [1.29, 1.82) is 0 Å². The minimum absolute atomic E-state index is 0.121. The zero-order valence-corrected chi connectivity index (χ0v) is 15.6. The predicted octanol–water partition coefficient (Wildman–Crippen LogP) is 2.62. The van der Waals surface area contributed by atoms with E-state index in [9.17, 15) is 14.4 Å². The van der Waals surface area contributed by atoms with Gasteiger partial charge in [0.1, 0.15) is 11.7 Å². The van der Waals surface area contributed by atoms with E-state index in [1.165, 1.54) is 12.0 Å². The summed E-state index contributed by atoms with van der Waals surface area (Å²) >= 11 is 0. The van der Waals surface area contributed by atoms with E-state index in [-0.39, 0.29) is 11.6 Å². The maximum absolute atomic E-state index is 13.2. The number of nitrogens with zero attached hydrogens (tertiary/aromatic N) is 1. The summed E-state index contributed by atoms with van der Waals surface area (Å²) in [5, 5.41) is 2.71. The summed E-state index contributed by atoms with van der Waals surface area (Å²) in [6, 6.07) is 17.3. The van der Waals surface area contributed by atoms with Crippen LogP contribution >= 0.6 is 0 Å². The molecule has 2 aromatic carbocycles. The lowest BCUT2D eigenvalue weighted by Crippen LogP contribution is -2.44. The Bertz CT molecular complexity index is 878. The number of carbonyl (C=O) groups is 3. The van der Waals surface area contributed by atoms with Crippen LogP contribution in [0.25, 0.3) is 6.08 Å². The summed E-state index contributed by atoms with van der Waals surface area (Å²) in [5.74, 6) is -1.23. The number of likely N-dealkylation sites (tertiary alicyclic amines) is 1. The van der Waals surface area contributed by atoms with Crippen LogP contribution in [0.2, 0.25) is 0 Å². The number of amides is 2. The number of hydrogen-bond acceptors (Lipinski definition) is 4. The molecule has 1 unspecified atom stereocenters. The van der Waals surface area contributed by atoms with Crippen LogP contribution in [-0.2, 0) is 14.3 Å². The first-order chi connectivity index (χ1) is 13.6. The van der Waals surface area contributed by atoms with Gasteiger partial charge < -0.3 is 15.0 Å². The largest absolute Gasteiger partial charge is 0.467 e. The SMILES string of the molecule is COC(=O)C1CCCN1C(=O)/C(=C/c1ccccc1)NC(=O)c1ccccc1. The molecule has 0 bridgehead atoms. The van der Waals surface area contributed by atoms with Gasteiger partial charge in [0.15, 0.2) is 0 Å². The number of esters is 1.